The van der Waals surface area contributed by atoms with Crippen molar-refractivity contribution >= 4 is 0 Å². The Balaban J connectivity index is 2.26. The standard InChI is InChI=1S/C10H13NO2/c1-13-8-2-3-9(10(12)4-8)7-5-11-6-7/h2-4,7,11-12H,5-6H2,1H3. The lowest BCUT2D eigenvalue weighted by atomic mass is 9.93. The lowest BCUT2D eigenvalue weighted by Gasteiger charge is -2.28. The third-order valence-electron chi connectivity index (χ3n) is 2.46. The van der Waals surface area contributed by atoms with Crippen LogP contribution in [0.25, 0.3) is 0 Å². The van der Waals surface area contributed by atoms with Gasteiger partial charge in [-0.05, 0) is 11.6 Å². The third-order valence-corrected chi connectivity index (χ3v) is 2.46. The molecule has 0 saturated carbocycles. The molecule has 0 radical (unpaired) electrons. The highest BCUT2D eigenvalue weighted by Crippen LogP contribution is 2.31. The van der Waals surface area contributed by atoms with Crippen LogP contribution in [0.15, 0.2) is 18.2 Å². The largest absolute Gasteiger partial charge is 0.508 e. The minimum Gasteiger partial charge on any atom is -0.508 e. The van der Waals surface area contributed by atoms with Gasteiger partial charge in [-0.3, -0.25) is 0 Å². The van der Waals surface area contributed by atoms with E-state index in [1.54, 1.807) is 13.2 Å². The average molecular weight is 179 g/mol. The first-order valence-electron chi connectivity index (χ1n) is 4.39. The summed E-state index contributed by atoms with van der Waals surface area (Å²) in [7, 11) is 1.60. The van der Waals surface area contributed by atoms with Crippen molar-refractivity contribution in [3.05, 3.63) is 23.8 Å². The Bertz CT molecular complexity index is 308. The van der Waals surface area contributed by atoms with Crippen LogP contribution in [0, 0.1) is 0 Å². The van der Waals surface area contributed by atoms with Gasteiger partial charge in [0, 0.05) is 25.1 Å². The lowest BCUT2D eigenvalue weighted by Crippen LogP contribution is -2.39. The number of methoxy groups -OCH3 is 1. The van der Waals surface area contributed by atoms with Crippen LogP contribution < -0.4 is 10.1 Å². The third kappa shape index (κ3) is 1.47. The van der Waals surface area contributed by atoms with E-state index in [0.29, 0.717) is 17.4 Å². The molecule has 1 heterocycles. The molecule has 0 amide bonds. The van der Waals surface area contributed by atoms with Crippen molar-refractivity contribution in [3.8, 4) is 11.5 Å². The van der Waals surface area contributed by atoms with Gasteiger partial charge in [-0.15, -0.1) is 0 Å². The van der Waals surface area contributed by atoms with Crippen LogP contribution in [0.4, 0.5) is 0 Å². The highest BCUT2D eigenvalue weighted by molar-refractivity contribution is 5.42. The van der Waals surface area contributed by atoms with Crippen LogP contribution in [0.5, 0.6) is 11.5 Å². The van der Waals surface area contributed by atoms with Gasteiger partial charge in [0.15, 0.2) is 0 Å². The van der Waals surface area contributed by atoms with Crippen LogP contribution >= 0.6 is 0 Å². The summed E-state index contributed by atoms with van der Waals surface area (Å²) < 4.78 is 5.01. The van der Waals surface area contributed by atoms with E-state index >= 15 is 0 Å². The Morgan fingerprint density at radius 2 is 2.23 bits per heavy atom. The molecule has 70 valence electrons. The zero-order valence-corrected chi connectivity index (χ0v) is 7.58. The first-order chi connectivity index (χ1) is 6.31. The average Bonchev–Trinajstić information content (AvgIpc) is 2.05. The Hall–Kier alpha value is -1.22. The molecule has 1 aromatic rings. The number of rotatable bonds is 2. The highest BCUT2D eigenvalue weighted by atomic mass is 16.5. The van der Waals surface area contributed by atoms with Gasteiger partial charge < -0.3 is 15.2 Å². The molecule has 13 heavy (non-hydrogen) atoms. The van der Waals surface area contributed by atoms with Gasteiger partial charge in [-0.1, -0.05) is 6.07 Å². The van der Waals surface area contributed by atoms with Crippen LogP contribution in [-0.2, 0) is 0 Å². The van der Waals surface area contributed by atoms with Gasteiger partial charge in [0.2, 0.25) is 0 Å². The zero-order valence-electron chi connectivity index (χ0n) is 7.58. The molecule has 0 unspecified atom stereocenters. The van der Waals surface area contributed by atoms with E-state index in [1.807, 2.05) is 12.1 Å². The molecule has 3 heteroatoms. The normalized spacial score (nSPS) is 16.7. The van der Waals surface area contributed by atoms with Crippen molar-refractivity contribution in [1.82, 2.24) is 5.32 Å². The van der Waals surface area contributed by atoms with Crippen molar-refractivity contribution in [2.45, 2.75) is 5.92 Å². The Morgan fingerprint density at radius 1 is 1.46 bits per heavy atom. The minimum absolute atomic E-state index is 0.339. The van der Waals surface area contributed by atoms with Gasteiger partial charge >= 0.3 is 0 Å². The fourth-order valence-electron chi connectivity index (χ4n) is 1.50. The molecule has 0 atom stereocenters. The van der Waals surface area contributed by atoms with Crippen molar-refractivity contribution in [2.24, 2.45) is 0 Å². The maximum absolute atomic E-state index is 9.65. The van der Waals surface area contributed by atoms with E-state index < -0.39 is 0 Å². The fraction of sp³-hybridized carbons (Fsp3) is 0.400. The summed E-state index contributed by atoms with van der Waals surface area (Å²) in [5.74, 6) is 1.50. The molecular formula is C10H13NO2. The molecule has 1 aliphatic heterocycles. The SMILES string of the molecule is COc1ccc(C2CNC2)c(O)c1. The predicted octanol–water partition coefficient (Wildman–Crippen LogP) is 1.09. The summed E-state index contributed by atoms with van der Waals surface area (Å²) in [5.41, 5.74) is 1.01. The van der Waals surface area contributed by atoms with Gasteiger partial charge in [0.1, 0.15) is 11.5 Å². The Morgan fingerprint density at radius 3 is 2.69 bits per heavy atom. The summed E-state index contributed by atoms with van der Waals surface area (Å²) in [5, 5.41) is 12.8. The van der Waals surface area contributed by atoms with E-state index in [1.165, 1.54) is 0 Å². The number of hydrogen-bond acceptors (Lipinski definition) is 3. The summed E-state index contributed by atoms with van der Waals surface area (Å²) in [6, 6.07) is 5.47. The summed E-state index contributed by atoms with van der Waals surface area (Å²) in [6.45, 7) is 1.92. The molecule has 0 bridgehead atoms. The number of benzene rings is 1. The molecule has 1 fully saturated rings. The van der Waals surface area contributed by atoms with Gasteiger partial charge in [-0.2, -0.15) is 0 Å². The topological polar surface area (TPSA) is 41.5 Å². The Kier molecular flexibility index (Phi) is 2.10. The minimum atomic E-state index is 0.339. The summed E-state index contributed by atoms with van der Waals surface area (Å²) >= 11 is 0. The molecule has 1 aliphatic rings. The monoisotopic (exact) mass is 179 g/mol. The predicted molar refractivity (Wildman–Crippen MR) is 50.3 cm³/mol. The molecule has 0 aliphatic carbocycles. The van der Waals surface area contributed by atoms with Crippen molar-refractivity contribution < 1.29 is 9.84 Å². The fourth-order valence-corrected chi connectivity index (χ4v) is 1.50. The van der Waals surface area contributed by atoms with Crippen LogP contribution in [0.3, 0.4) is 0 Å². The van der Waals surface area contributed by atoms with Crippen molar-refractivity contribution in [1.29, 1.82) is 0 Å². The number of ether oxygens (including phenoxy) is 1. The molecule has 1 aromatic carbocycles. The highest BCUT2D eigenvalue weighted by Gasteiger charge is 2.21. The van der Waals surface area contributed by atoms with Crippen molar-refractivity contribution in [3.63, 3.8) is 0 Å². The zero-order chi connectivity index (χ0) is 9.26. The van der Waals surface area contributed by atoms with Gasteiger partial charge in [0.25, 0.3) is 0 Å². The smallest absolute Gasteiger partial charge is 0.122 e. The number of phenols is 1. The second kappa shape index (κ2) is 3.26. The summed E-state index contributed by atoms with van der Waals surface area (Å²) in [4.78, 5) is 0. The van der Waals surface area contributed by atoms with E-state index in [-0.39, 0.29) is 0 Å². The first kappa shape index (κ1) is 8.38. The molecule has 2 N–H and O–H groups in total. The van der Waals surface area contributed by atoms with Crippen molar-refractivity contribution in [2.75, 3.05) is 20.2 Å². The van der Waals surface area contributed by atoms with Crippen LogP contribution in [0.1, 0.15) is 11.5 Å². The number of hydrogen-bond donors (Lipinski definition) is 2. The maximum atomic E-state index is 9.65. The quantitative estimate of drug-likeness (QED) is 0.714. The van der Waals surface area contributed by atoms with Gasteiger partial charge in [-0.25, -0.2) is 0 Å². The lowest BCUT2D eigenvalue weighted by molar-refractivity contribution is 0.394. The molecule has 3 nitrogen and oxygen atoms in total. The summed E-state index contributed by atoms with van der Waals surface area (Å²) in [6.07, 6.45) is 0. The molecular weight excluding hydrogens is 166 g/mol. The molecule has 1 saturated heterocycles. The maximum Gasteiger partial charge on any atom is 0.122 e. The van der Waals surface area contributed by atoms with E-state index in [9.17, 15) is 5.11 Å². The van der Waals surface area contributed by atoms with Gasteiger partial charge in [0.05, 0.1) is 7.11 Å². The number of nitrogens with one attached hydrogen (secondary N) is 1. The molecule has 0 spiro atoms. The number of phenolic OH excluding ortho intramolecular Hbond substituents is 1. The number of aromatic hydroxyl groups is 1. The van der Waals surface area contributed by atoms with E-state index in [4.69, 9.17) is 4.74 Å². The second-order valence-corrected chi connectivity index (χ2v) is 3.28. The molecule has 0 aromatic heterocycles. The van der Waals surface area contributed by atoms with E-state index in [0.717, 1.165) is 18.7 Å². The second-order valence-electron chi connectivity index (χ2n) is 3.28. The first-order valence-corrected chi connectivity index (χ1v) is 4.39. The van der Waals surface area contributed by atoms with E-state index in [2.05, 4.69) is 5.32 Å². The molecule has 2 rings (SSSR count). The van der Waals surface area contributed by atoms with Crippen LogP contribution in [-0.4, -0.2) is 25.3 Å². The van der Waals surface area contributed by atoms with Crippen LogP contribution in [0.2, 0.25) is 0 Å². The Labute approximate surface area is 77.3 Å².